The van der Waals surface area contributed by atoms with E-state index in [0.717, 1.165) is 38.8 Å². The molecule has 1 N–H and O–H groups in total. The highest BCUT2D eigenvalue weighted by molar-refractivity contribution is 4.88. The van der Waals surface area contributed by atoms with Crippen LogP contribution in [0, 0.1) is 5.41 Å². The van der Waals surface area contributed by atoms with Crippen molar-refractivity contribution in [2.24, 2.45) is 5.41 Å². The first-order chi connectivity index (χ1) is 7.54. The molecule has 0 spiro atoms. The van der Waals surface area contributed by atoms with Gasteiger partial charge < -0.3 is 10.1 Å². The molecular weight excluding hydrogens is 200 g/mol. The first-order valence-corrected chi connectivity index (χ1v) is 6.61. The molecule has 1 saturated heterocycles. The summed E-state index contributed by atoms with van der Waals surface area (Å²) in [5.41, 5.74) is 0.366. The van der Waals surface area contributed by atoms with Gasteiger partial charge in [0.05, 0.1) is 12.7 Å². The molecule has 1 aliphatic heterocycles. The Morgan fingerprint density at radius 1 is 1.31 bits per heavy atom. The molecule has 2 fully saturated rings. The molecule has 2 rings (SSSR count). The van der Waals surface area contributed by atoms with E-state index in [1.54, 1.807) is 0 Å². The summed E-state index contributed by atoms with van der Waals surface area (Å²) >= 11 is 0. The SMILES string of the molecule is CC(C)(C)CNC[C@@H]1CN(C2CC2)CCO1. The fourth-order valence-corrected chi connectivity index (χ4v) is 2.25. The maximum absolute atomic E-state index is 5.80. The van der Waals surface area contributed by atoms with Crippen LogP contribution in [0.2, 0.25) is 0 Å². The molecule has 0 radical (unpaired) electrons. The Bertz CT molecular complexity index is 220. The molecule has 0 bridgehead atoms. The lowest BCUT2D eigenvalue weighted by atomic mass is 9.97. The van der Waals surface area contributed by atoms with Crippen LogP contribution in [0.1, 0.15) is 33.6 Å². The maximum Gasteiger partial charge on any atom is 0.0826 e. The van der Waals surface area contributed by atoms with Crippen LogP contribution in [-0.4, -0.2) is 49.8 Å². The summed E-state index contributed by atoms with van der Waals surface area (Å²) in [5, 5.41) is 3.52. The minimum atomic E-state index is 0.366. The highest BCUT2D eigenvalue weighted by atomic mass is 16.5. The monoisotopic (exact) mass is 226 g/mol. The minimum Gasteiger partial charge on any atom is -0.374 e. The van der Waals surface area contributed by atoms with Gasteiger partial charge in [-0.2, -0.15) is 0 Å². The molecule has 94 valence electrons. The van der Waals surface area contributed by atoms with Crippen molar-refractivity contribution in [3.63, 3.8) is 0 Å². The van der Waals surface area contributed by atoms with Gasteiger partial charge >= 0.3 is 0 Å². The predicted molar refractivity (Wildman–Crippen MR) is 66.7 cm³/mol. The smallest absolute Gasteiger partial charge is 0.0826 e. The van der Waals surface area contributed by atoms with Crippen LogP contribution in [0.5, 0.6) is 0 Å². The van der Waals surface area contributed by atoms with Crippen LogP contribution >= 0.6 is 0 Å². The van der Waals surface area contributed by atoms with E-state index in [1.807, 2.05) is 0 Å². The third-order valence-corrected chi connectivity index (χ3v) is 3.26. The summed E-state index contributed by atoms with van der Waals surface area (Å²) in [6.45, 7) is 12.0. The molecule has 2 aliphatic rings. The topological polar surface area (TPSA) is 24.5 Å². The molecule has 1 atom stereocenters. The number of nitrogens with zero attached hydrogens (tertiary/aromatic N) is 1. The summed E-state index contributed by atoms with van der Waals surface area (Å²) in [7, 11) is 0. The van der Waals surface area contributed by atoms with E-state index in [2.05, 4.69) is 31.0 Å². The lowest BCUT2D eigenvalue weighted by Crippen LogP contribution is -2.48. The predicted octanol–water partition coefficient (Wildman–Crippen LogP) is 1.49. The number of ether oxygens (including phenoxy) is 1. The zero-order valence-corrected chi connectivity index (χ0v) is 11.0. The van der Waals surface area contributed by atoms with E-state index in [0.29, 0.717) is 11.5 Å². The number of nitrogens with one attached hydrogen (secondary N) is 1. The Morgan fingerprint density at radius 3 is 2.69 bits per heavy atom. The lowest BCUT2D eigenvalue weighted by molar-refractivity contribution is -0.0306. The van der Waals surface area contributed by atoms with Crippen molar-refractivity contribution in [2.45, 2.75) is 45.8 Å². The first-order valence-electron chi connectivity index (χ1n) is 6.61. The van der Waals surface area contributed by atoms with Crippen molar-refractivity contribution in [3.8, 4) is 0 Å². The molecule has 0 aromatic carbocycles. The van der Waals surface area contributed by atoms with Crippen molar-refractivity contribution in [1.82, 2.24) is 10.2 Å². The fourth-order valence-electron chi connectivity index (χ4n) is 2.25. The van der Waals surface area contributed by atoms with Crippen LogP contribution in [-0.2, 0) is 4.74 Å². The third-order valence-electron chi connectivity index (χ3n) is 3.26. The molecule has 0 aromatic heterocycles. The van der Waals surface area contributed by atoms with Gasteiger partial charge in [0.15, 0.2) is 0 Å². The highest BCUT2D eigenvalue weighted by Gasteiger charge is 2.32. The largest absolute Gasteiger partial charge is 0.374 e. The molecule has 1 saturated carbocycles. The van der Waals surface area contributed by atoms with Crippen LogP contribution in [0.25, 0.3) is 0 Å². The Kier molecular flexibility index (Phi) is 3.88. The third kappa shape index (κ3) is 4.04. The minimum absolute atomic E-state index is 0.366. The van der Waals surface area contributed by atoms with Gasteiger partial charge in [-0.05, 0) is 18.3 Å². The van der Waals surface area contributed by atoms with E-state index < -0.39 is 0 Å². The maximum atomic E-state index is 5.80. The Morgan fingerprint density at radius 2 is 2.06 bits per heavy atom. The van der Waals surface area contributed by atoms with E-state index in [1.165, 1.54) is 12.8 Å². The highest BCUT2D eigenvalue weighted by Crippen LogP contribution is 2.28. The van der Waals surface area contributed by atoms with Crippen LogP contribution < -0.4 is 5.32 Å². The van der Waals surface area contributed by atoms with E-state index in [9.17, 15) is 0 Å². The Hall–Kier alpha value is -0.120. The second kappa shape index (κ2) is 5.03. The van der Waals surface area contributed by atoms with Crippen molar-refractivity contribution in [2.75, 3.05) is 32.8 Å². The normalized spacial score (nSPS) is 28.3. The number of rotatable bonds is 4. The van der Waals surface area contributed by atoms with Crippen LogP contribution in [0.4, 0.5) is 0 Å². The second-order valence-electron chi connectivity index (χ2n) is 6.41. The summed E-state index contributed by atoms with van der Waals surface area (Å²) in [6.07, 6.45) is 3.21. The summed E-state index contributed by atoms with van der Waals surface area (Å²) in [5.74, 6) is 0. The molecule has 3 heteroatoms. The second-order valence-corrected chi connectivity index (χ2v) is 6.41. The summed E-state index contributed by atoms with van der Waals surface area (Å²) < 4.78 is 5.80. The summed E-state index contributed by atoms with van der Waals surface area (Å²) in [4.78, 5) is 2.60. The number of hydrogen-bond acceptors (Lipinski definition) is 3. The standard InChI is InChI=1S/C13H26N2O/c1-13(2,3)10-14-8-12-9-15(6-7-16-12)11-4-5-11/h11-12,14H,4-10H2,1-3H3/t12-/m1/s1. The van der Waals surface area contributed by atoms with Crippen molar-refractivity contribution in [1.29, 1.82) is 0 Å². The van der Waals surface area contributed by atoms with Gasteiger partial charge in [0.1, 0.15) is 0 Å². The average Bonchev–Trinajstić information content (AvgIpc) is 2.99. The first kappa shape index (κ1) is 12.3. The summed E-state index contributed by atoms with van der Waals surface area (Å²) in [6, 6.07) is 0.883. The zero-order valence-electron chi connectivity index (χ0n) is 11.0. The van der Waals surface area contributed by atoms with E-state index >= 15 is 0 Å². The van der Waals surface area contributed by atoms with Gasteiger partial charge in [-0.3, -0.25) is 4.90 Å². The van der Waals surface area contributed by atoms with Gasteiger partial charge in [-0.1, -0.05) is 20.8 Å². The molecule has 16 heavy (non-hydrogen) atoms. The van der Waals surface area contributed by atoms with Gasteiger partial charge in [-0.15, -0.1) is 0 Å². The van der Waals surface area contributed by atoms with Crippen molar-refractivity contribution < 1.29 is 4.74 Å². The lowest BCUT2D eigenvalue weighted by Gasteiger charge is -2.33. The van der Waals surface area contributed by atoms with E-state index in [-0.39, 0.29) is 0 Å². The molecular formula is C13H26N2O. The molecule has 3 nitrogen and oxygen atoms in total. The molecule has 1 aliphatic carbocycles. The number of morpholine rings is 1. The molecule has 1 heterocycles. The molecule has 0 aromatic rings. The van der Waals surface area contributed by atoms with Gasteiger partial charge in [-0.25, -0.2) is 0 Å². The Balaban J connectivity index is 1.65. The zero-order chi connectivity index (χ0) is 11.6. The molecule has 0 amide bonds. The quantitative estimate of drug-likeness (QED) is 0.786. The van der Waals surface area contributed by atoms with Gasteiger partial charge in [0, 0.05) is 32.2 Å². The van der Waals surface area contributed by atoms with Crippen LogP contribution in [0.15, 0.2) is 0 Å². The van der Waals surface area contributed by atoms with Crippen molar-refractivity contribution in [3.05, 3.63) is 0 Å². The van der Waals surface area contributed by atoms with Crippen molar-refractivity contribution >= 4 is 0 Å². The average molecular weight is 226 g/mol. The van der Waals surface area contributed by atoms with Crippen LogP contribution in [0.3, 0.4) is 0 Å². The Labute approximate surface area is 99.5 Å². The fraction of sp³-hybridized carbons (Fsp3) is 1.00. The number of hydrogen-bond donors (Lipinski definition) is 1. The van der Waals surface area contributed by atoms with Gasteiger partial charge in [0.25, 0.3) is 0 Å². The van der Waals surface area contributed by atoms with Gasteiger partial charge in [0.2, 0.25) is 0 Å². The molecule has 0 unspecified atom stereocenters. The van der Waals surface area contributed by atoms with E-state index in [4.69, 9.17) is 4.74 Å².